The molecule has 0 bridgehead atoms. The van der Waals surface area contributed by atoms with E-state index in [2.05, 4.69) is 0 Å². The van der Waals surface area contributed by atoms with E-state index in [0.717, 1.165) is 16.3 Å². The lowest BCUT2D eigenvalue weighted by Gasteiger charge is -2.29. The predicted molar refractivity (Wildman–Crippen MR) is 35.8 cm³/mol. The molecular formula is C5H11AlFNO. The lowest BCUT2D eigenvalue weighted by atomic mass is 10.1. The van der Waals surface area contributed by atoms with E-state index < -0.39 is 6.17 Å². The molecule has 0 amide bonds. The third-order valence-corrected chi connectivity index (χ3v) is 2.84. The van der Waals surface area contributed by atoms with Crippen LogP contribution in [0, 0.1) is 0 Å². The van der Waals surface area contributed by atoms with Crippen LogP contribution < -0.4 is 5.73 Å². The van der Waals surface area contributed by atoms with Gasteiger partial charge in [-0.25, -0.2) is 4.39 Å². The average Bonchev–Trinajstić information content (AvgIpc) is 1.83. The molecule has 52 valence electrons. The van der Waals surface area contributed by atoms with Gasteiger partial charge in [-0.3, -0.25) is 0 Å². The lowest BCUT2D eigenvalue weighted by molar-refractivity contribution is 0.00920. The molecule has 1 heterocycles. The molecule has 1 rings (SSSR count). The summed E-state index contributed by atoms with van der Waals surface area (Å²) >= 11 is 0.835. The highest BCUT2D eigenvalue weighted by Gasteiger charge is 2.27. The molecule has 1 aliphatic rings. The molecule has 1 unspecified atom stereocenters. The van der Waals surface area contributed by atoms with Crippen molar-refractivity contribution in [3.63, 3.8) is 0 Å². The van der Waals surface area contributed by atoms with Crippen LogP contribution in [0.1, 0.15) is 6.42 Å². The number of rotatable bonds is 0. The van der Waals surface area contributed by atoms with Crippen LogP contribution in [0.25, 0.3) is 0 Å². The predicted octanol–water partition coefficient (Wildman–Crippen LogP) is -0.969. The SMILES string of the molecule is N[C@H]1C(F)CCO[C@@H]1[AlH2]. The Bertz CT molecular complexity index is 93.0. The van der Waals surface area contributed by atoms with Crippen molar-refractivity contribution in [3.8, 4) is 0 Å². The van der Waals surface area contributed by atoms with Crippen molar-refractivity contribution in [1.29, 1.82) is 0 Å². The first-order valence-corrected chi connectivity index (χ1v) is 4.38. The second kappa shape index (κ2) is 2.98. The highest BCUT2D eigenvalue weighted by Crippen LogP contribution is 2.13. The second-order valence-electron chi connectivity index (χ2n) is 2.46. The van der Waals surface area contributed by atoms with Crippen LogP contribution in [0.15, 0.2) is 0 Å². The van der Waals surface area contributed by atoms with E-state index in [1.807, 2.05) is 0 Å². The number of nitrogens with two attached hydrogens (primary N) is 1. The summed E-state index contributed by atoms with van der Waals surface area (Å²) in [4.78, 5) is 0.0220. The van der Waals surface area contributed by atoms with E-state index in [4.69, 9.17) is 10.5 Å². The summed E-state index contributed by atoms with van der Waals surface area (Å²) in [6.07, 6.45) is -0.360. The van der Waals surface area contributed by atoms with Crippen LogP contribution in [0.4, 0.5) is 4.39 Å². The molecule has 0 aromatic heterocycles. The minimum Gasteiger partial charge on any atom is -0.392 e. The van der Waals surface area contributed by atoms with Crippen LogP contribution in [-0.4, -0.2) is 40.1 Å². The van der Waals surface area contributed by atoms with E-state index in [1.54, 1.807) is 0 Å². The number of halogens is 1. The highest BCUT2D eigenvalue weighted by atomic mass is 27.0. The third-order valence-electron chi connectivity index (χ3n) is 1.73. The summed E-state index contributed by atoms with van der Waals surface area (Å²) in [7, 11) is 0. The van der Waals surface area contributed by atoms with E-state index in [1.165, 1.54) is 0 Å². The fraction of sp³-hybridized carbons (Fsp3) is 1.00. The maximum Gasteiger partial charge on any atom is 0.261 e. The molecule has 0 aliphatic carbocycles. The Kier molecular flexibility index (Phi) is 2.48. The first-order chi connectivity index (χ1) is 4.22. The van der Waals surface area contributed by atoms with Gasteiger partial charge in [0.05, 0.1) is 0 Å². The fourth-order valence-corrected chi connectivity index (χ4v) is 1.62. The van der Waals surface area contributed by atoms with Crippen molar-refractivity contribution in [2.24, 2.45) is 5.73 Å². The third kappa shape index (κ3) is 1.65. The molecule has 4 heteroatoms. The number of ether oxygens (including phenoxy) is 1. The molecule has 2 nitrogen and oxygen atoms in total. The van der Waals surface area contributed by atoms with Crippen molar-refractivity contribution >= 4 is 16.3 Å². The zero-order chi connectivity index (χ0) is 6.85. The van der Waals surface area contributed by atoms with Gasteiger partial charge in [-0.2, -0.15) is 0 Å². The zero-order valence-corrected chi connectivity index (χ0v) is 7.51. The van der Waals surface area contributed by atoms with Crippen molar-refractivity contribution in [2.75, 3.05) is 6.61 Å². The Morgan fingerprint density at radius 2 is 2.33 bits per heavy atom. The molecule has 9 heavy (non-hydrogen) atoms. The van der Waals surface area contributed by atoms with Gasteiger partial charge in [-0.15, -0.1) is 0 Å². The molecule has 3 atom stereocenters. The van der Waals surface area contributed by atoms with E-state index in [-0.39, 0.29) is 11.0 Å². The minimum absolute atomic E-state index is 0.0220. The van der Waals surface area contributed by atoms with E-state index in [0.29, 0.717) is 13.0 Å². The van der Waals surface area contributed by atoms with E-state index >= 15 is 0 Å². The summed E-state index contributed by atoms with van der Waals surface area (Å²) in [6, 6.07) is -0.356. The molecular weight excluding hydrogens is 136 g/mol. The van der Waals surface area contributed by atoms with Gasteiger partial charge in [0.2, 0.25) is 0 Å². The lowest BCUT2D eigenvalue weighted by Crippen LogP contribution is -2.48. The summed E-state index contributed by atoms with van der Waals surface area (Å²) in [5, 5.41) is 0. The largest absolute Gasteiger partial charge is 0.392 e. The molecule has 0 spiro atoms. The first-order valence-electron chi connectivity index (χ1n) is 3.23. The van der Waals surface area contributed by atoms with Crippen LogP contribution in [-0.2, 0) is 4.74 Å². The number of hydrogen-bond donors (Lipinski definition) is 1. The number of hydrogen-bond acceptors (Lipinski definition) is 2. The number of alkyl halides is 1. The van der Waals surface area contributed by atoms with Crippen LogP contribution >= 0.6 is 0 Å². The van der Waals surface area contributed by atoms with Crippen LogP contribution in [0.5, 0.6) is 0 Å². The Balaban J connectivity index is 2.41. The van der Waals surface area contributed by atoms with Crippen LogP contribution in [0.3, 0.4) is 0 Å². The van der Waals surface area contributed by atoms with Crippen molar-refractivity contribution < 1.29 is 9.13 Å². The molecule has 1 saturated heterocycles. The Hall–Kier alpha value is 0.382. The molecule has 0 aromatic carbocycles. The first kappa shape index (κ1) is 7.49. The van der Waals surface area contributed by atoms with Gasteiger partial charge in [0.25, 0.3) is 16.3 Å². The summed E-state index contributed by atoms with van der Waals surface area (Å²) in [5.74, 6) is 0. The zero-order valence-electron chi connectivity index (χ0n) is 5.51. The Morgan fingerprint density at radius 1 is 1.67 bits per heavy atom. The van der Waals surface area contributed by atoms with Crippen LogP contribution in [0.2, 0.25) is 0 Å². The Morgan fingerprint density at radius 3 is 2.78 bits per heavy atom. The van der Waals surface area contributed by atoms with Gasteiger partial charge in [0, 0.05) is 24.0 Å². The Labute approximate surface area is 62.0 Å². The fourth-order valence-electron chi connectivity index (χ4n) is 0.964. The maximum absolute atomic E-state index is 12.6. The van der Waals surface area contributed by atoms with Gasteiger partial charge >= 0.3 is 0 Å². The molecule has 0 aromatic rings. The van der Waals surface area contributed by atoms with Gasteiger partial charge in [0.1, 0.15) is 6.17 Å². The molecule has 0 radical (unpaired) electrons. The molecule has 1 fully saturated rings. The smallest absolute Gasteiger partial charge is 0.261 e. The van der Waals surface area contributed by atoms with Gasteiger partial charge < -0.3 is 10.5 Å². The molecule has 2 N–H and O–H groups in total. The van der Waals surface area contributed by atoms with Crippen molar-refractivity contribution in [2.45, 2.75) is 23.6 Å². The second-order valence-corrected chi connectivity index (χ2v) is 3.60. The molecule has 0 saturated carbocycles. The average molecular weight is 147 g/mol. The summed E-state index contributed by atoms with van der Waals surface area (Å²) in [6.45, 7) is 0.545. The summed E-state index contributed by atoms with van der Waals surface area (Å²) < 4.78 is 17.8. The van der Waals surface area contributed by atoms with Gasteiger partial charge in [-0.05, 0) is 0 Å². The highest BCUT2D eigenvalue weighted by molar-refractivity contribution is 6.11. The standard InChI is InChI=1S/C5H9FNO.Al.2H/c6-4-1-2-8-3-5(4)7;;;/h3-5H,1-2,7H2;;;/t4?,5-;;;/m1.../s1. The maximum atomic E-state index is 12.6. The minimum atomic E-state index is -0.832. The topological polar surface area (TPSA) is 35.2 Å². The monoisotopic (exact) mass is 147 g/mol. The van der Waals surface area contributed by atoms with Gasteiger partial charge in [-0.1, -0.05) is 0 Å². The van der Waals surface area contributed by atoms with Crippen molar-refractivity contribution in [3.05, 3.63) is 0 Å². The molecule has 1 aliphatic heterocycles. The normalized spacial score (nSPS) is 44.9. The van der Waals surface area contributed by atoms with Gasteiger partial charge in [0.15, 0.2) is 0 Å². The quantitative estimate of drug-likeness (QED) is 0.447. The summed E-state index contributed by atoms with van der Waals surface area (Å²) in [5.41, 5.74) is 5.46. The van der Waals surface area contributed by atoms with E-state index in [9.17, 15) is 4.39 Å². The van der Waals surface area contributed by atoms with Crippen molar-refractivity contribution in [1.82, 2.24) is 0 Å².